The third kappa shape index (κ3) is 3.37. The summed E-state index contributed by atoms with van der Waals surface area (Å²) >= 11 is 0. The maximum atomic E-state index is 12.4. The number of nitrogens with zero attached hydrogens (tertiary/aromatic N) is 4. The topological polar surface area (TPSA) is 84.5 Å². The molecule has 1 aliphatic carbocycles. The lowest BCUT2D eigenvalue weighted by Crippen LogP contribution is -2.25. The van der Waals surface area contributed by atoms with E-state index in [9.17, 15) is 9.90 Å². The molecule has 30 heavy (non-hydrogen) atoms. The Morgan fingerprint density at radius 1 is 1.20 bits per heavy atom. The highest BCUT2D eigenvalue weighted by Crippen LogP contribution is 2.26. The Bertz CT molecular complexity index is 1250. The van der Waals surface area contributed by atoms with Crippen LogP contribution in [0, 0.1) is 6.92 Å². The molecule has 3 aromatic heterocycles. The Balaban J connectivity index is 1.51. The number of rotatable bonds is 5. The summed E-state index contributed by atoms with van der Waals surface area (Å²) in [4.78, 5) is 21.5. The van der Waals surface area contributed by atoms with Gasteiger partial charge in [0, 0.05) is 29.6 Å². The Kier molecular flexibility index (Phi) is 4.40. The fourth-order valence-corrected chi connectivity index (χ4v) is 3.55. The van der Waals surface area contributed by atoms with Crippen molar-refractivity contribution in [3.63, 3.8) is 0 Å². The van der Waals surface area contributed by atoms with Gasteiger partial charge in [-0.15, -0.1) is 0 Å². The minimum Gasteiger partial charge on any atom is -0.389 e. The first-order valence-electron chi connectivity index (χ1n) is 10.1. The zero-order valence-corrected chi connectivity index (χ0v) is 16.9. The lowest BCUT2D eigenvalue weighted by molar-refractivity contribution is 0.0951. The van der Waals surface area contributed by atoms with Crippen LogP contribution in [0.15, 0.2) is 55.2 Å². The van der Waals surface area contributed by atoms with Gasteiger partial charge in [0.2, 0.25) is 0 Å². The summed E-state index contributed by atoms with van der Waals surface area (Å²) in [5.41, 5.74) is 5.02. The van der Waals surface area contributed by atoms with E-state index in [1.165, 1.54) is 0 Å². The third-order valence-electron chi connectivity index (χ3n) is 5.53. The van der Waals surface area contributed by atoms with Crippen molar-refractivity contribution in [1.29, 1.82) is 0 Å². The van der Waals surface area contributed by atoms with E-state index >= 15 is 0 Å². The predicted octanol–water partition coefficient (Wildman–Crippen LogP) is 3.44. The molecule has 2 N–H and O–H groups in total. The number of carbonyl (C=O) groups is 1. The average Bonchev–Trinajstić information content (AvgIpc) is 3.25. The molecule has 7 heteroatoms. The molecule has 5 rings (SSSR count). The van der Waals surface area contributed by atoms with Crippen LogP contribution in [-0.4, -0.2) is 36.0 Å². The molecule has 0 spiro atoms. The van der Waals surface area contributed by atoms with Crippen LogP contribution in [-0.2, 0) is 0 Å². The summed E-state index contributed by atoms with van der Waals surface area (Å²) in [6.45, 7) is 3.75. The molecule has 4 aromatic rings. The zero-order chi connectivity index (χ0) is 20.8. The van der Waals surface area contributed by atoms with Crippen molar-refractivity contribution < 1.29 is 9.90 Å². The van der Waals surface area contributed by atoms with E-state index in [-0.39, 0.29) is 5.91 Å². The first-order valence-corrected chi connectivity index (χ1v) is 10.1. The van der Waals surface area contributed by atoms with Crippen LogP contribution in [0.5, 0.6) is 0 Å². The lowest BCUT2D eigenvalue weighted by atomic mass is 10.0. The predicted molar refractivity (Wildman–Crippen MR) is 114 cm³/mol. The summed E-state index contributed by atoms with van der Waals surface area (Å²) < 4.78 is 3.83. The van der Waals surface area contributed by atoms with E-state index in [1.807, 2.05) is 58.6 Å². The smallest absolute Gasteiger partial charge is 0.251 e. The molecule has 0 aliphatic heterocycles. The highest BCUT2D eigenvalue weighted by Gasteiger charge is 2.24. The van der Waals surface area contributed by atoms with Crippen LogP contribution in [0.2, 0.25) is 0 Å². The van der Waals surface area contributed by atoms with Crippen molar-refractivity contribution >= 4 is 11.6 Å². The van der Waals surface area contributed by atoms with Crippen LogP contribution in [0.1, 0.15) is 47.4 Å². The molecule has 1 atom stereocenters. The number of carbonyl (C=O) groups excluding carboxylic acids is 1. The normalized spacial score (nSPS) is 14.8. The molecule has 0 saturated heterocycles. The number of benzene rings is 1. The summed E-state index contributed by atoms with van der Waals surface area (Å²) in [6, 6.07) is 9.80. The van der Waals surface area contributed by atoms with Gasteiger partial charge < -0.3 is 10.4 Å². The molecule has 1 fully saturated rings. The number of aliphatic hydroxyl groups excluding tert-OH is 1. The minimum atomic E-state index is -0.560. The molecule has 0 radical (unpaired) electrons. The number of amides is 1. The van der Waals surface area contributed by atoms with E-state index in [4.69, 9.17) is 0 Å². The summed E-state index contributed by atoms with van der Waals surface area (Å²) in [5.74, 6) is 0.789. The molecule has 1 unspecified atom stereocenters. The summed E-state index contributed by atoms with van der Waals surface area (Å²) in [7, 11) is 0. The van der Waals surface area contributed by atoms with Gasteiger partial charge >= 0.3 is 0 Å². The lowest BCUT2D eigenvalue weighted by Gasteiger charge is -2.08. The van der Waals surface area contributed by atoms with Crippen molar-refractivity contribution in [2.75, 3.05) is 0 Å². The van der Waals surface area contributed by atoms with Gasteiger partial charge in [0.05, 0.1) is 18.0 Å². The van der Waals surface area contributed by atoms with E-state index in [0.29, 0.717) is 11.6 Å². The van der Waals surface area contributed by atoms with Gasteiger partial charge in [-0.05, 0) is 56.0 Å². The average molecular weight is 401 g/mol. The monoisotopic (exact) mass is 401 g/mol. The first-order chi connectivity index (χ1) is 14.5. The van der Waals surface area contributed by atoms with Gasteiger partial charge in [-0.25, -0.2) is 9.97 Å². The third-order valence-corrected chi connectivity index (χ3v) is 5.53. The number of hydrogen-bond acceptors (Lipinski definition) is 4. The van der Waals surface area contributed by atoms with Gasteiger partial charge in [-0.1, -0.05) is 12.1 Å². The van der Waals surface area contributed by atoms with Gasteiger partial charge in [-0.2, -0.15) is 0 Å². The van der Waals surface area contributed by atoms with E-state index < -0.39 is 6.10 Å². The van der Waals surface area contributed by atoms with Crippen LogP contribution in [0.3, 0.4) is 0 Å². The molecule has 7 nitrogen and oxygen atoms in total. The Hall–Kier alpha value is -3.45. The number of pyridine rings is 1. The molecular formula is C23H23N5O2. The maximum absolute atomic E-state index is 12.4. The highest BCUT2D eigenvalue weighted by atomic mass is 16.3. The Morgan fingerprint density at radius 2 is 2.03 bits per heavy atom. The number of aryl methyl sites for hydroxylation is 1. The largest absolute Gasteiger partial charge is 0.389 e. The minimum absolute atomic E-state index is 0.0365. The Labute approximate surface area is 174 Å². The maximum Gasteiger partial charge on any atom is 0.251 e. The molecular weight excluding hydrogens is 378 g/mol. The van der Waals surface area contributed by atoms with Gasteiger partial charge in [0.15, 0.2) is 0 Å². The van der Waals surface area contributed by atoms with E-state index in [1.54, 1.807) is 19.4 Å². The van der Waals surface area contributed by atoms with Gasteiger partial charge in [-0.3, -0.25) is 13.8 Å². The quantitative estimate of drug-likeness (QED) is 0.537. The number of fused-ring (bicyclic) bond motifs is 1. The number of aliphatic hydroxyl groups is 1. The zero-order valence-electron chi connectivity index (χ0n) is 16.9. The number of imidazole rings is 2. The summed E-state index contributed by atoms with van der Waals surface area (Å²) in [5, 5.41) is 12.9. The van der Waals surface area contributed by atoms with Crippen molar-refractivity contribution in [3.05, 3.63) is 71.9 Å². The summed E-state index contributed by atoms with van der Waals surface area (Å²) in [6.07, 6.45) is 8.90. The molecule has 1 amide bonds. The molecule has 1 aromatic carbocycles. The second-order valence-electron chi connectivity index (χ2n) is 7.93. The van der Waals surface area contributed by atoms with Crippen molar-refractivity contribution in [2.24, 2.45) is 0 Å². The second kappa shape index (κ2) is 7.11. The number of nitrogens with one attached hydrogen (secondary N) is 1. The number of hydrogen-bond donors (Lipinski definition) is 2. The molecule has 3 heterocycles. The highest BCUT2D eigenvalue weighted by molar-refractivity contribution is 5.96. The standard InChI is InChI=1S/C23H23N5O2/c1-14-3-4-16(23(30)26-18-6-7-18)9-19(14)20-12-27(13-25-20)22-10-24-21-8-5-17(15(2)29)11-28(21)22/h3-5,8-13,15,18,29H,6-7H2,1-2H3,(H,26,30). The SMILES string of the molecule is Cc1ccc(C(=O)NC2CC2)cc1-c1cn(-c2cnc3ccc(C(C)O)cn23)cn1. The van der Waals surface area contributed by atoms with Crippen LogP contribution in [0.4, 0.5) is 0 Å². The van der Waals surface area contributed by atoms with Crippen molar-refractivity contribution in [1.82, 2.24) is 24.3 Å². The molecule has 0 bridgehead atoms. The van der Waals surface area contributed by atoms with Crippen molar-refractivity contribution in [2.45, 2.75) is 38.8 Å². The van der Waals surface area contributed by atoms with Gasteiger partial charge in [0.1, 0.15) is 17.8 Å². The van der Waals surface area contributed by atoms with E-state index in [0.717, 1.165) is 46.7 Å². The van der Waals surface area contributed by atoms with Gasteiger partial charge in [0.25, 0.3) is 5.91 Å². The number of aromatic nitrogens is 4. The fraction of sp³-hybridized carbons (Fsp3) is 0.261. The van der Waals surface area contributed by atoms with Crippen LogP contribution < -0.4 is 5.32 Å². The second-order valence-corrected chi connectivity index (χ2v) is 7.93. The van der Waals surface area contributed by atoms with Crippen molar-refractivity contribution in [3.8, 4) is 17.1 Å². The molecule has 152 valence electrons. The first kappa shape index (κ1) is 18.6. The van der Waals surface area contributed by atoms with Crippen LogP contribution >= 0.6 is 0 Å². The molecule has 1 aliphatic rings. The van der Waals surface area contributed by atoms with E-state index in [2.05, 4.69) is 15.3 Å². The van der Waals surface area contributed by atoms with Crippen LogP contribution in [0.25, 0.3) is 22.7 Å². The molecule has 1 saturated carbocycles. The fourth-order valence-electron chi connectivity index (χ4n) is 3.55. The Morgan fingerprint density at radius 3 is 2.80 bits per heavy atom.